The van der Waals surface area contributed by atoms with Crippen LogP contribution >= 0.6 is 0 Å². The van der Waals surface area contributed by atoms with Gasteiger partial charge in [-0.1, -0.05) is 76.2 Å². The van der Waals surface area contributed by atoms with Crippen LogP contribution in [0.25, 0.3) is 22.8 Å². The topological polar surface area (TPSA) is 200 Å². The van der Waals surface area contributed by atoms with Gasteiger partial charge in [-0.2, -0.15) is 0 Å². The molecule has 4 N–H and O–H groups in total. The molecule has 0 spiro atoms. The Morgan fingerprint density at radius 2 is 1.04 bits per heavy atom. The molecule has 0 unspecified atom stereocenters. The minimum atomic E-state index is -0.347. The van der Waals surface area contributed by atoms with Crippen LogP contribution in [0, 0.1) is 24.7 Å². The van der Waals surface area contributed by atoms with Crippen LogP contribution in [-0.2, 0) is 27.4 Å². The number of aromatic nitrogens is 8. The Balaban J connectivity index is 1.34. The Morgan fingerprint density at radius 1 is 0.653 bits per heavy atom. The molecule has 0 saturated heterocycles. The quantitative estimate of drug-likeness (QED) is 0.148. The van der Waals surface area contributed by atoms with Crippen molar-refractivity contribution in [3.05, 3.63) is 71.3 Å². The number of hydrogen-bond acceptors (Lipinski definition) is 13. The maximum atomic E-state index is 13.2. The Morgan fingerprint density at radius 3 is 1.43 bits per heavy atom. The number of carbonyl (C=O) groups is 2. The van der Waals surface area contributed by atoms with E-state index in [0.717, 1.165) is 22.3 Å². The number of rotatable bonds is 17. The number of carbonyl (C=O) groups excluding carboxylic acids is 2. The van der Waals surface area contributed by atoms with Gasteiger partial charge in [-0.05, 0) is 31.5 Å². The summed E-state index contributed by atoms with van der Waals surface area (Å²) >= 11 is 0. The number of nitrogens with one attached hydrogen (secondary N) is 2. The minimum Gasteiger partial charge on any atom is -0.380 e. The summed E-state index contributed by atoms with van der Waals surface area (Å²) in [4.78, 5) is 28.2. The molecule has 4 rings (SSSR count). The Bertz CT molecular complexity index is 1540. The molecule has 2 heterocycles. The SMILES string of the molecule is Cc1nnc(-c2ccc(CNC(=O)CN(CC(=O)NCc3ccc(-c4nnc(C)nn4)cc3)CC(C)(C)COCC(C)(C)CN)cc2)nn1. The lowest BCUT2D eigenvalue weighted by Crippen LogP contribution is -2.47. The Kier molecular flexibility index (Phi) is 12.8. The van der Waals surface area contributed by atoms with Crippen molar-refractivity contribution in [2.45, 2.75) is 54.6 Å². The van der Waals surface area contributed by atoms with E-state index in [9.17, 15) is 9.59 Å². The van der Waals surface area contributed by atoms with E-state index in [2.05, 4.69) is 79.1 Å². The zero-order valence-corrected chi connectivity index (χ0v) is 29.1. The lowest BCUT2D eigenvalue weighted by atomic mass is 9.92. The molecule has 15 heteroatoms. The molecule has 2 amide bonds. The van der Waals surface area contributed by atoms with Crippen LogP contribution in [0.4, 0.5) is 0 Å². The number of nitrogens with zero attached hydrogens (tertiary/aromatic N) is 9. The second kappa shape index (κ2) is 17.0. The van der Waals surface area contributed by atoms with Gasteiger partial charge in [0.15, 0.2) is 11.6 Å². The predicted octanol–water partition coefficient (Wildman–Crippen LogP) is 2.06. The van der Waals surface area contributed by atoms with Gasteiger partial charge < -0.3 is 21.1 Å². The first kappa shape index (κ1) is 37.0. The highest BCUT2D eigenvalue weighted by Crippen LogP contribution is 2.21. The van der Waals surface area contributed by atoms with E-state index in [1.165, 1.54) is 0 Å². The van der Waals surface area contributed by atoms with Gasteiger partial charge in [0.25, 0.3) is 0 Å². The van der Waals surface area contributed by atoms with Crippen LogP contribution in [0.2, 0.25) is 0 Å². The minimum absolute atomic E-state index is 0.0328. The summed E-state index contributed by atoms with van der Waals surface area (Å²) < 4.78 is 6.03. The van der Waals surface area contributed by atoms with Crippen molar-refractivity contribution in [1.82, 2.24) is 56.3 Å². The summed E-state index contributed by atoms with van der Waals surface area (Å²) in [6.45, 7) is 14.3. The van der Waals surface area contributed by atoms with Crippen LogP contribution in [0.5, 0.6) is 0 Å². The Hall–Kier alpha value is -4.86. The van der Waals surface area contributed by atoms with E-state index < -0.39 is 0 Å². The standard InChI is InChI=1S/C34H46N12O3/c1-23-38-42-31(43-39-23)27-11-7-25(8-12-27)15-36-29(47)17-46(20-34(5,6)22-49-21-33(3,4)19-35)18-30(48)37-16-26-9-13-28(14-10-26)32-44-40-24(2)41-45-32/h7-14H,15-22,35H2,1-6H3,(H,36,47)(H,37,48). The van der Waals surface area contributed by atoms with Gasteiger partial charge in [0.1, 0.15) is 0 Å². The molecule has 0 saturated carbocycles. The van der Waals surface area contributed by atoms with Crippen LogP contribution < -0.4 is 16.4 Å². The molecule has 2 aromatic carbocycles. The first-order valence-corrected chi connectivity index (χ1v) is 16.1. The average molecular weight is 671 g/mol. The summed E-state index contributed by atoms with van der Waals surface area (Å²) in [5.41, 5.74) is 8.73. The van der Waals surface area contributed by atoms with Gasteiger partial charge in [-0.15, -0.1) is 40.8 Å². The smallest absolute Gasteiger partial charge is 0.234 e. The van der Waals surface area contributed by atoms with Crippen molar-refractivity contribution in [3.8, 4) is 22.8 Å². The van der Waals surface area contributed by atoms with Gasteiger partial charge >= 0.3 is 0 Å². The van der Waals surface area contributed by atoms with Gasteiger partial charge in [0, 0.05) is 41.6 Å². The third-order valence-corrected chi connectivity index (χ3v) is 7.49. The molecule has 0 bridgehead atoms. The number of ether oxygens (including phenoxy) is 1. The van der Waals surface area contributed by atoms with Gasteiger partial charge in [0.2, 0.25) is 23.5 Å². The van der Waals surface area contributed by atoms with E-state index in [1.807, 2.05) is 53.4 Å². The zero-order valence-electron chi connectivity index (χ0n) is 29.1. The molecule has 15 nitrogen and oxygen atoms in total. The average Bonchev–Trinajstić information content (AvgIpc) is 3.07. The van der Waals surface area contributed by atoms with E-state index in [-0.39, 0.29) is 35.7 Å². The molecular weight excluding hydrogens is 624 g/mol. The summed E-state index contributed by atoms with van der Waals surface area (Å²) in [6, 6.07) is 15.0. The van der Waals surface area contributed by atoms with Gasteiger partial charge in [0.05, 0.1) is 26.3 Å². The largest absolute Gasteiger partial charge is 0.380 e. The van der Waals surface area contributed by atoms with Crippen molar-refractivity contribution in [2.75, 3.05) is 39.4 Å². The van der Waals surface area contributed by atoms with Crippen LogP contribution in [0.15, 0.2) is 48.5 Å². The summed E-state index contributed by atoms with van der Waals surface area (Å²) in [5, 5.41) is 38.0. The molecule has 0 aliphatic rings. The second-order valence-corrected chi connectivity index (χ2v) is 13.7. The molecule has 0 aliphatic heterocycles. The summed E-state index contributed by atoms with van der Waals surface area (Å²) in [7, 11) is 0. The van der Waals surface area contributed by atoms with Crippen molar-refractivity contribution in [2.24, 2.45) is 16.6 Å². The summed E-state index contributed by atoms with van der Waals surface area (Å²) in [6.07, 6.45) is 0. The highest BCUT2D eigenvalue weighted by Gasteiger charge is 2.26. The molecular formula is C34H46N12O3. The number of nitrogens with two attached hydrogens (primary N) is 1. The monoisotopic (exact) mass is 670 g/mol. The highest BCUT2D eigenvalue weighted by atomic mass is 16.5. The highest BCUT2D eigenvalue weighted by molar-refractivity contribution is 5.81. The van der Waals surface area contributed by atoms with E-state index in [0.29, 0.717) is 62.7 Å². The second-order valence-electron chi connectivity index (χ2n) is 13.7. The normalized spacial score (nSPS) is 11.8. The number of amides is 2. The molecule has 4 aromatic rings. The van der Waals surface area contributed by atoms with Crippen molar-refractivity contribution in [1.29, 1.82) is 0 Å². The first-order chi connectivity index (χ1) is 23.3. The molecule has 49 heavy (non-hydrogen) atoms. The molecule has 2 aromatic heterocycles. The Labute approximate surface area is 286 Å². The maximum absolute atomic E-state index is 13.2. The third-order valence-electron chi connectivity index (χ3n) is 7.49. The molecule has 0 atom stereocenters. The van der Waals surface area contributed by atoms with Crippen LogP contribution in [0.3, 0.4) is 0 Å². The fourth-order valence-electron chi connectivity index (χ4n) is 4.73. The molecule has 0 radical (unpaired) electrons. The van der Waals surface area contributed by atoms with Crippen LogP contribution in [0.1, 0.15) is 50.5 Å². The van der Waals surface area contributed by atoms with Crippen molar-refractivity contribution < 1.29 is 14.3 Å². The maximum Gasteiger partial charge on any atom is 0.234 e. The number of aryl methyl sites for hydroxylation is 2. The number of hydrogen-bond donors (Lipinski definition) is 3. The van der Waals surface area contributed by atoms with E-state index in [4.69, 9.17) is 10.5 Å². The van der Waals surface area contributed by atoms with Gasteiger partial charge in [-0.25, -0.2) is 0 Å². The lowest BCUT2D eigenvalue weighted by Gasteiger charge is -2.33. The van der Waals surface area contributed by atoms with Crippen LogP contribution in [-0.4, -0.2) is 96.9 Å². The fourth-order valence-corrected chi connectivity index (χ4v) is 4.73. The molecule has 260 valence electrons. The molecule has 0 aliphatic carbocycles. The third kappa shape index (κ3) is 12.3. The zero-order chi connectivity index (χ0) is 35.4. The lowest BCUT2D eigenvalue weighted by molar-refractivity contribution is -0.126. The van der Waals surface area contributed by atoms with E-state index >= 15 is 0 Å². The van der Waals surface area contributed by atoms with Gasteiger partial charge in [-0.3, -0.25) is 14.5 Å². The van der Waals surface area contributed by atoms with Crippen molar-refractivity contribution >= 4 is 11.8 Å². The van der Waals surface area contributed by atoms with E-state index in [1.54, 1.807) is 13.8 Å². The predicted molar refractivity (Wildman–Crippen MR) is 183 cm³/mol. The van der Waals surface area contributed by atoms with Crippen molar-refractivity contribution in [3.63, 3.8) is 0 Å². The first-order valence-electron chi connectivity index (χ1n) is 16.1. The number of benzene rings is 2. The summed E-state index contributed by atoms with van der Waals surface area (Å²) in [5.74, 6) is 1.45. The molecule has 0 fully saturated rings. The fraction of sp³-hybridized carbons (Fsp3) is 0.471.